The summed E-state index contributed by atoms with van der Waals surface area (Å²) in [5.41, 5.74) is 1.44. The molecule has 1 heterocycles. The molecule has 178 valence electrons. The molecule has 0 aromatic heterocycles. The molecule has 2 amide bonds. The topological polar surface area (TPSA) is 99.0 Å². The van der Waals surface area contributed by atoms with E-state index in [2.05, 4.69) is 0 Å². The molecule has 0 radical (unpaired) electrons. The van der Waals surface area contributed by atoms with Crippen molar-refractivity contribution < 1.29 is 28.4 Å². The summed E-state index contributed by atoms with van der Waals surface area (Å²) in [7, 11) is 1.46. The van der Waals surface area contributed by atoms with Crippen LogP contribution in [0.1, 0.15) is 16.7 Å². The molecule has 10 heteroatoms. The number of nitrogens with zero attached hydrogens (tertiary/aromatic N) is 2. The van der Waals surface area contributed by atoms with E-state index < -0.39 is 21.9 Å². The number of methoxy groups -OCH3 is 1. The number of benzene rings is 3. The molecule has 1 saturated heterocycles. The van der Waals surface area contributed by atoms with E-state index in [-0.39, 0.29) is 29.3 Å². The quantitative estimate of drug-likeness (QED) is 0.230. The number of nitro groups is 1. The molecule has 0 atom stereocenters. The summed E-state index contributed by atoms with van der Waals surface area (Å²) in [6.45, 7) is -0.0608. The Labute approximate surface area is 204 Å². The van der Waals surface area contributed by atoms with Crippen molar-refractivity contribution in [1.29, 1.82) is 0 Å². The Morgan fingerprint density at radius 1 is 1.06 bits per heavy atom. The van der Waals surface area contributed by atoms with Gasteiger partial charge in [-0.1, -0.05) is 36.4 Å². The number of amides is 2. The lowest BCUT2D eigenvalue weighted by Gasteiger charge is -2.13. The maximum Gasteiger partial charge on any atom is 0.293 e. The van der Waals surface area contributed by atoms with Gasteiger partial charge in [0.2, 0.25) is 0 Å². The highest BCUT2D eigenvalue weighted by atomic mass is 32.2. The summed E-state index contributed by atoms with van der Waals surface area (Å²) in [6, 6.07) is 17.1. The first-order valence-corrected chi connectivity index (χ1v) is 11.2. The number of carbonyl (C=O) groups excluding carboxylic acids is 2. The third kappa shape index (κ3) is 5.49. The number of imide groups is 1. The van der Waals surface area contributed by atoms with Crippen LogP contribution in [-0.4, -0.2) is 28.1 Å². The summed E-state index contributed by atoms with van der Waals surface area (Å²) < 4.78 is 25.1. The van der Waals surface area contributed by atoms with Crippen LogP contribution in [0, 0.1) is 15.9 Å². The second kappa shape index (κ2) is 10.4. The second-order valence-corrected chi connectivity index (χ2v) is 8.48. The number of halogens is 1. The van der Waals surface area contributed by atoms with E-state index in [4.69, 9.17) is 9.47 Å². The first kappa shape index (κ1) is 24.0. The van der Waals surface area contributed by atoms with Gasteiger partial charge in [0, 0.05) is 17.7 Å². The average molecular weight is 495 g/mol. The van der Waals surface area contributed by atoms with Crippen molar-refractivity contribution in [2.45, 2.75) is 13.2 Å². The molecule has 8 nitrogen and oxygen atoms in total. The van der Waals surface area contributed by atoms with Gasteiger partial charge in [-0.25, -0.2) is 4.39 Å². The molecule has 0 bridgehead atoms. The zero-order valence-corrected chi connectivity index (χ0v) is 19.3. The number of nitro benzene ring substituents is 1. The van der Waals surface area contributed by atoms with Crippen molar-refractivity contribution in [2.75, 3.05) is 7.11 Å². The Morgan fingerprint density at radius 2 is 1.86 bits per heavy atom. The number of thioether (sulfide) groups is 1. The lowest BCUT2D eigenvalue weighted by molar-refractivity contribution is -0.384. The van der Waals surface area contributed by atoms with Crippen LogP contribution >= 0.6 is 11.8 Å². The third-order valence-corrected chi connectivity index (χ3v) is 6.07. The van der Waals surface area contributed by atoms with Gasteiger partial charge in [0.25, 0.3) is 16.8 Å². The molecule has 3 aromatic rings. The fraction of sp³-hybridized carbons (Fsp3) is 0.120. The predicted octanol–water partition coefficient (Wildman–Crippen LogP) is 5.56. The van der Waals surface area contributed by atoms with Gasteiger partial charge in [-0.2, -0.15) is 0 Å². The molecule has 0 N–H and O–H groups in total. The highest BCUT2D eigenvalue weighted by molar-refractivity contribution is 8.18. The highest BCUT2D eigenvalue weighted by Crippen LogP contribution is 2.35. The van der Waals surface area contributed by atoms with Crippen molar-refractivity contribution in [3.63, 3.8) is 0 Å². The van der Waals surface area contributed by atoms with Gasteiger partial charge >= 0.3 is 0 Å². The van der Waals surface area contributed by atoms with Crippen LogP contribution in [0.3, 0.4) is 0 Å². The van der Waals surface area contributed by atoms with Crippen molar-refractivity contribution in [3.8, 4) is 11.5 Å². The smallest absolute Gasteiger partial charge is 0.293 e. The highest BCUT2D eigenvalue weighted by Gasteiger charge is 2.35. The summed E-state index contributed by atoms with van der Waals surface area (Å²) in [4.78, 5) is 36.8. The van der Waals surface area contributed by atoms with E-state index >= 15 is 0 Å². The van der Waals surface area contributed by atoms with Crippen molar-refractivity contribution in [1.82, 2.24) is 4.90 Å². The summed E-state index contributed by atoms with van der Waals surface area (Å²) in [5, 5.41) is 10.5. The summed E-state index contributed by atoms with van der Waals surface area (Å²) in [6.07, 6.45) is 1.55. The standard InChI is InChI=1S/C25H19FN2O6S/c1-33-22-12-16(9-10-21(22)34-15-17-5-4-7-19(11-17)28(31)32)13-23-24(29)27(25(30)35-23)14-18-6-2-3-8-20(18)26/h2-13H,14-15H2,1H3/b23-13-. The minimum absolute atomic E-state index is 0.0302. The Bertz CT molecular complexity index is 1340. The molecule has 0 unspecified atom stereocenters. The van der Waals surface area contributed by atoms with Crippen molar-refractivity contribution >= 4 is 34.7 Å². The molecule has 1 aliphatic heterocycles. The van der Waals surface area contributed by atoms with E-state index in [1.165, 1.54) is 37.4 Å². The summed E-state index contributed by atoms with van der Waals surface area (Å²) in [5.74, 6) is -0.201. The van der Waals surface area contributed by atoms with Crippen molar-refractivity contribution in [2.24, 2.45) is 0 Å². The predicted molar refractivity (Wildman–Crippen MR) is 128 cm³/mol. The zero-order valence-electron chi connectivity index (χ0n) is 18.5. The second-order valence-electron chi connectivity index (χ2n) is 7.49. The molecular weight excluding hydrogens is 475 g/mol. The molecule has 35 heavy (non-hydrogen) atoms. The Hall–Kier alpha value is -4.18. The van der Waals surface area contributed by atoms with E-state index in [0.29, 0.717) is 22.6 Å². The SMILES string of the molecule is COc1cc(/C=C2\SC(=O)N(Cc3ccccc3F)C2=O)ccc1OCc1cccc([N+](=O)[O-])c1. The Balaban J connectivity index is 1.49. The average Bonchev–Trinajstić information content (AvgIpc) is 3.11. The van der Waals surface area contributed by atoms with Crippen LogP contribution in [0.4, 0.5) is 14.9 Å². The maximum atomic E-state index is 14.0. The van der Waals surface area contributed by atoms with Gasteiger partial charge in [0.15, 0.2) is 11.5 Å². The number of hydrogen-bond acceptors (Lipinski definition) is 7. The van der Waals surface area contributed by atoms with Crippen LogP contribution < -0.4 is 9.47 Å². The normalized spacial score (nSPS) is 14.5. The minimum Gasteiger partial charge on any atom is -0.493 e. The van der Waals surface area contributed by atoms with E-state index in [1.807, 2.05) is 0 Å². The lowest BCUT2D eigenvalue weighted by Crippen LogP contribution is -2.27. The van der Waals surface area contributed by atoms with Gasteiger partial charge in [-0.05, 0) is 47.2 Å². The van der Waals surface area contributed by atoms with Gasteiger partial charge < -0.3 is 9.47 Å². The molecule has 3 aromatic carbocycles. The number of rotatable bonds is 8. The first-order valence-electron chi connectivity index (χ1n) is 10.4. The molecule has 0 spiro atoms. The van der Waals surface area contributed by atoms with Crippen LogP contribution in [-0.2, 0) is 17.9 Å². The van der Waals surface area contributed by atoms with Crippen LogP contribution in [0.5, 0.6) is 11.5 Å². The summed E-state index contributed by atoms with van der Waals surface area (Å²) >= 11 is 0.780. The Kier molecular flexibility index (Phi) is 7.11. The van der Waals surface area contributed by atoms with E-state index in [0.717, 1.165) is 16.7 Å². The fourth-order valence-corrected chi connectivity index (χ4v) is 4.24. The number of ether oxygens (including phenoxy) is 2. The fourth-order valence-electron chi connectivity index (χ4n) is 3.40. The maximum absolute atomic E-state index is 14.0. The molecular formula is C25H19FN2O6S. The number of non-ortho nitro benzene ring substituents is 1. The third-order valence-electron chi connectivity index (χ3n) is 5.16. The van der Waals surface area contributed by atoms with Crippen LogP contribution in [0.2, 0.25) is 0 Å². The molecule has 4 rings (SSSR count). The largest absolute Gasteiger partial charge is 0.493 e. The molecule has 0 saturated carbocycles. The van der Waals surface area contributed by atoms with Gasteiger partial charge in [-0.3, -0.25) is 24.6 Å². The van der Waals surface area contributed by atoms with Crippen LogP contribution in [0.25, 0.3) is 6.08 Å². The monoisotopic (exact) mass is 494 g/mol. The number of hydrogen-bond donors (Lipinski definition) is 0. The zero-order chi connectivity index (χ0) is 24.9. The van der Waals surface area contributed by atoms with Gasteiger partial charge in [0.05, 0.1) is 23.5 Å². The van der Waals surface area contributed by atoms with Crippen molar-refractivity contribution in [3.05, 3.63) is 104 Å². The molecule has 0 aliphatic carbocycles. The number of carbonyl (C=O) groups is 2. The van der Waals surface area contributed by atoms with Gasteiger partial charge in [0.1, 0.15) is 12.4 Å². The first-order chi connectivity index (χ1) is 16.9. The van der Waals surface area contributed by atoms with Gasteiger partial charge in [-0.15, -0.1) is 0 Å². The van der Waals surface area contributed by atoms with E-state index in [9.17, 15) is 24.1 Å². The molecule has 1 fully saturated rings. The Morgan fingerprint density at radius 3 is 2.60 bits per heavy atom. The lowest BCUT2D eigenvalue weighted by atomic mass is 10.1. The van der Waals surface area contributed by atoms with E-state index in [1.54, 1.807) is 42.5 Å². The van der Waals surface area contributed by atoms with Crippen LogP contribution in [0.15, 0.2) is 71.6 Å². The minimum atomic E-state index is -0.506. The molecule has 1 aliphatic rings.